The number of aromatic nitrogens is 2. The van der Waals surface area contributed by atoms with Crippen molar-refractivity contribution in [1.29, 1.82) is 0 Å². The molecule has 1 aromatic carbocycles. The van der Waals surface area contributed by atoms with E-state index in [1.54, 1.807) is 0 Å². The van der Waals surface area contributed by atoms with E-state index in [9.17, 15) is 23.1 Å². The van der Waals surface area contributed by atoms with E-state index < -0.39 is 24.2 Å². The molecule has 0 amide bonds. The van der Waals surface area contributed by atoms with Gasteiger partial charge in [0, 0.05) is 30.9 Å². The van der Waals surface area contributed by atoms with Gasteiger partial charge in [-0.05, 0) is 18.6 Å². The summed E-state index contributed by atoms with van der Waals surface area (Å²) in [6.45, 7) is 1.41. The number of alkyl halides is 3. The van der Waals surface area contributed by atoms with Gasteiger partial charge in [-0.2, -0.15) is 13.2 Å². The summed E-state index contributed by atoms with van der Waals surface area (Å²) in [5, 5.41) is 12.1. The molecule has 0 spiro atoms. The lowest BCUT2D eigenvalue weighted by molar-refractivity contribution is -0.222. The summed E-state index contributed by atoms with van der Waals surface area (Å²) >= 11 is 0. The summed E-state index contributed by atoms with van der Waals surface area (Å²) in [4.78, 5) is 19.1. The van der Waals surface area contributed by atoms with Gasteiger partial charge in [-0.15, -0.1) is 0 Å². The van der Waals surface area contributed by atoms with Crippen molar-refractivity contribution in [3.05, 3.63) is 41.7 Å². The number of carboxylic acids is 1. The van der Waals surface area contributed by atoms with Gasteiger partial charge in [0.1, 0.15) is 0 Å². The van der Waals surface area contributed by atoms with Gasteiger partial charge >= 0.3 is 18.2 Å². The molecule has 0 aliphatic rings. The van der Waals surface area contributed by atoms with Crippen LogP contribution in [0.4, 0.5) is 24.5 Å². The van der Waals surface area contributed by atoms with Crippen LogP contribution in [0.2, 0.25) is 0 Å². The number of hydrogen-bond acceptors (Lipinski definition) is 7. The van der Waals surface area contributed by atoms with E-state index in [2.05, 4.69) is 15.3 Å². The van der Waals surface area contributed by atoms with E-state index in [0.29, 0.717) is 11.3 Å². The number of methoxy groups -OCH3 is 2. The molecule has 2 atom stereocenters. The van der Waals surface area contributed by atoms with Gasteiger partial charge in [0.15, 0.2) is 6.10 Å². The second-order valence-corrected chi connectivity index (χ2v) is 6.56. The predicted octanol–water partition coefficient (Wildman–Crippen LogP) is 4.07. The first-order valence-corrected chi connectivity index (χ1v) is 9.35. The van der Waals surface area contributed by atoms with Crippen molar-refractivity contribution >= 4 is 17.3 Å². The third-order valence-corrected chi connectivity index (χ3v) is 4.34. The van der Waals surface area contributed by atoms with Crippen LogP contribution in [0, 0.1) is 0 Å². The molecular weight excluding hydrogens is 419 g/mol. The summed E-state index contributed by atoms with van der Waals surface area (Å²) in [7, 11) is 2.81. The molecule has 8 nitrogen and oxygen atoms in total. The number of rotatable bonds is 11. The normalized spacial score (nSPS) is 13.5. The van der Waals surface area contributed by atoms with E-state index in [0.717, 1.165) is 0 Å². The maximum absolute atomic E-state index is 13.7. The van der Waals surface area contributed by atoms with Crippen LogP contribution in [0.25, 0.3) is 0 Å². The first kappa shape index (κ1) is 24.4. The van der Waals surface area contributed by atoms with Crippen molar-refractivity contribution in [3.63, 3.8) is 0 Å². The maximum Gasteiger partial charge on any atom is 0.418 e. The lowest BCUT2D eigenvalue weighted by atomic mass is 9.93. The number of halogens is 3. The minimum absolute atomic E-state index is 0.0882. The Kier molecular flexibility index (Phi) is 8.57. The van der Waals surface area contributed by atoms with Gasteiger partial charge in [0.25, 0.3) is 0 Å². The molecule has 0 saturated heterocycles. The molecule has 1 unspecified atom stereocenters. The number of nitrogens with zero attached hydrogens (tertiary/aromatic N) is 2. The van der Waals surface area contributed by atoms with Gasteiger partial charge in [-0.1, -0.05) is 12.1 Å². The summed E-state index contributed by atoms with van der Waals surface area (Å²) in [5.74, 6) is -1.60. The SMILES string of the molecule is CCO[C@@H](c1ccc(C(COC)CC(=O)O)cc1Nc1cnc(OC)nc1)C(F)(F)F. The minimum Gasteiger partial charge on any atom is -0.481 e. The van der Waals surface area contributed by atoms with Crippen LogP contribution >= 0.6 is 0 Å². The topological polar surface area (TPSA) is 103 Å². The molecule has 0 aliphatic heterocycles. The smallest absolute Gasteiger partial charge is 0.418 e. The zero-order valence-corrected chi connectivity index (χ0v) is 17.3. The molecule has 1 aromatic heterocycles. The molecule has 0 fully saturated rings. The summed E-state index contributed by atoms with van der Waals surface area (Å²) < 4.78 is 56.0. The predicted molar refractivity (Wildman–Crippen MR) is 106 cm³/mol. The van der Waals surface area contributed by atoms with Crippen molar-refractivity contribution in [2.24, 2.45) is 0 Å². The Balaban J connectivity index is 2.53. The lowest BCUT2D eigenvalue weighted by Crippen LogP contribution is -2.24. The maximum atomic E-state index is 13.7. The van der Waals surface area contributed by atoms with E-state index in [4.69, 9.17) is 14.2 Å². The van der Waals surface area contributed by atoms with Crippen molar-refractivity contribution in [1.82, 2.24) is 9.97 Å². The molecule has 1 heterocycles. The first-order valence-electron chi connectivity index (χ1n) is 9.35. The van der Waals surface area contributed by atoms with Gasteiger partial charge in [-0.3, -0.25) is 4.79 Å². The standard InChI is InChI=1S/C20H24F3N3O5/c1-4-31-18(20(21,22)23)15-6-5-12(13(11-29-2)8-17(27)28)7-16(15)26-14-9-24-19(30-3)25-10-14/h5-7,9-10,13,18,26H,4,8,11H2,1-3H3,(H,27,28)/t13?,18-/m0/s1. The third kappa shape index (κ3) is 6.79. The van der Waals surface area contributed by atoms with Gasteiger partial charge in [0.05, 0.1) is 38.2 Å². The number of carbonyl (C=O) groups is 1. The Bertz CT molecular complexity index is 862. The summed E-state index contributed by atoms with van der Waals surface area (Å²) in [5.41, 5.74) is 0.759. The largest absolute Gasteiger partial charge is 0.481 e. The van der Waals surface area contributed by atoms with E-state index in [1.165, 1.54) is 51.7 Å². The average molecular weight is 443 g/mol. The summed E-state index contributed by atoms with van der Waals surface area (Å²) in [6, 6.07) is 4.29. The minimum atomic E-state index is -4.66. The fraction of sp³-hybridized carbons (Fsp3) is 0.450. The van der Waals surface area contributed by atoms with Crippen LogP contribution in [0.15, 0.2) is 30.6 Å². The third-order valence-electron chi connectivity index (χ3n) is 4.34. The average Bonchev–Trinajstić information content (AvgIpc) is 2.71. The highest BCUT2D eigenvalue weighted by molar-refractivity contribution is 5.69. The number of carboxylic acid groups (broad SMARTS) is 1. The van der Waals surface area contributed by atoms with Crippen molar-refractivity contribution in [2.75, 3.05) is 32.8 Å². The fourth-order valence-electron chi connectivity index (χ4n) is 3.02. The van der Waals surface area contributed by atoms with Crippen molar-refractivity contribution in [2.45, 2.75) is 31.5 Å². The number of anilines is 2. The molecule has 0 saturated carbocycles. The van der Waals surface area contributed by atoms with Crippen LogP contribution in [0.1, 0.15) is 36.5 Å². The Morgan fingerprint density at radius 1 is 1.23 bits per heavy atom. The molecule has 2 N–H and O–H groups in total. The Hall–Kier alpha value is -2.92. The van der Waals surface area contributed by atoms with E-state index in [1.807, 2.05) is 0 Å². The highest BCUT2D eigenvalue weighted by Crippen LogP contribution is 2.41. The van der Waals surface area contributed by atoms with Crippen LogP contribution in [0.5, 0.6) is 6.01 Å². The Labute approximate surface area is 177 Å². The molecule has 0 aliphatic carbocycles. The highest BCUT2D eigenvalue weighted by Gasteiger charge is 2.43. The van der Waals surface area contributed by atoms with Crippen LogP contribution in [-0.4, -0.2) is 54.7 Å². The van der Waals surface area contributed by atoms with Crippen LogP contribution < -0.4 is 10.1 Å². The number of aliphatic carboxylic acids is 1. The molecule has 170 valence electrons. The first-order chi connectivity index (χ1) is 14.7. The molecular formula is C20H24F3N3O5. The van der Waals surface area contributed by atoms with Gasteiger partial charge in [-0.25, -0.2) is 9.97 Å². The quantitative estimate of drug-likeness (QED) is 0.536. The number of hydrogen-bond donors (Lipinski definition) is 2. The zero-order valence-electron chi connectivity index (χ0n) is 17.3. The number of benzene rings is 1. The molecule has 0 radical (unpaired) electrons. The van der Waals surface area contributed by atoms with Gasteiger partial charge in [0.2, 0.25) is 0 Å². The number of ether oxygens (including phenoxy) is 3. The Morgan fingerprint density at radius 3 is 2.42 bits per heavy atom. The van der Waals surface area contributed by atoms with Gasteiger partial charge < -0.3 is 24.6 Å². The molecule has 2 aromatic rings. The highest BCUT2D eigenvalue weighted by atomic mass is 19.4. The van der Waals surface area contributed by atoms with Crippen molar-refractivity contribution in [3.8, 4) is 6.01 Å². The molecule has 2 rings (SSSR count). The van der Waals surface area contributed by atoms with Crippen LogP contribution in [-0.2, 0) is 14.3 Å². The van der Waals surface area contributed by atoms with Crippen LogP contribution in [0.3, 0.4) is 0 Å². The molecule has 0 bridgehead atoms. The molecule has 31 heavy (non-hydrogen) atoms. The second kappa shape index (κ2) is 10.9. The second-order valence-electron chi connectivity index (χ2n) is 6.56. The lowest BCUT2D eigenvalue weighted by Gasteiger charge is -2.25. The number of nitrogens with one attached hydrogen (secondary N) is 1. The van der Waals surface area contributed by atoms with E-state index >= 15 is 0 Å². The molecule has 11 heteroatoms. The summed E-state index contributed by atoms with van der Waals surface area (Å²) in [6.07, 6.45) is -4.36. The Morgan fingerprint density at radius 2 is 1.90 bits per heavy atom. The monoisotopic (exact) mass is 443 g/mol. The van der Waals surface area contributed by atoms with Crippen molar-refractivity contribution < 1.29 is 37.3 Å². The van der Waals surface area contributed by atoms with E-state index in [-0.39, 0.29) is 36.9 Å². The zero-order chi connectivity index (χ0) is 23.0. The fourth-order valence-corrected chi connectivity index (χ4v) is 3.02.